The lowest BCUT2D eigenvalue weighted by molar-refractivity contribution is -0.144. The summed E-state index contributed by atoms with van der Waals surface area (Å²) < 4.78 is 0. The Labute approximate surface area is 282 Å². The number of halogens is 1. The van der Waals surface area contributed by atoms with Gasteiger partial charge >= 0.3 is 12.0 Å². The number of benzene rings is 2. The molecule has 48 heavy (non-hydrogen) atoms. The Morgan fingerprint density at radius 3 is 2.31 bits per heavy atom. The number of rotatable bonds is 17. The predicted octanol–water partition coefficient (Wildman–Crippen LogP) is 0.255. The van der Waals surface area contributed by atoms with E-state index in [0.29, 0.717) is 12.8 Å². The Morgan fingerprint density at radius 1 is 0.917 bits per heavy atom. The summed E-state index contributed by atoms with van der Waals surface area (Å²) in [5.74, 6) is -4.90. The number of carboxylic acid groups (broad SMARTS) is 1. The van der Waals surface area contributed by atoms with Gasteiger partial charge in [0.15, 0.2) is 0 Å². The highest BCUT2D eigenvalue weighted by Crippen LogP contribution is 2.21. The molecule has 2 aromatic rings. The molecule has 4 unspecified atom stereocenters. The molecule has 3 rings (SSSR count). The first-order valence-corrected chi connectivity index (χ1v) is 16.2. The van der Waals surface area contributed by atoms with Crippen LogP contribution in [0.2, 0.25) is 0 Å². The standard InChI is InChI=1S/C32H42ClN7O8/c33-18-26(41)37-22(17-28(43)44)16-27(42)40-13-4-3-9-25(40)31(47)39-24(15-19-10-11-20-6-1-2-7-21(20)14-19)30(46)38-23(29(34)45)8-5-12-36-32(35)48/h1-2,6-7,10-11,14,22-25H,3-5,8-9,12-13,15-18H2,(H2,34,45)(H,37,41)(H,38,46)(H,39,47)(H,43,44)(H3,35,36,48). The molecule has 1 saturated heterocycles. The van der Waals surface area contributed by atoms with Crippen molar-refractivity contribution < 1.29 is 38.7 Å². The minimum Gasteiger partial charge on any atom is -0.481 e. The molecule has 1 fully saturated rings. The summed E-state index contributed by atoms with van der Waals surface area (Å²) in [4.78, 5) is 88.6. The predicted molar refractivity (Wildman–Crippen MR) is 176 cm³/mol. The summed E-state index contributed by atoms with van der Waals surface area (Å²) in [6.45, 7) is 0.367. The highest BCUT2D eigenvalue weighted by atomic mass is 35.5. The molecule has 260 valence electrons. The van der Waals surface area contributed by atoms with Gasteiger partial charge in [-0.3, -0.25) is 28.8 Å². The van der Waals surface area contributed by atoms with Crippen molar-refractivity contribution >= 4 is 63.9 Å². The number of carbonyl (C=O) groups excluding carboxylic acids is 6. The normalized spacial score (nSPS) is 16.2. The van der Waals surface area contributed by atoms with Crippen LogP contribution in [0.3, 0.4) is 0 Å². The molecule has 0 bridgehead atoms. The molecule has 1 aliphatic rings. The Bertz CT molecular complexity index is 1510. The number of primary amides is 2. The molecule has 15 nitrogen and oxygen atoms in total. The number of nitrogens with one attached hydrogen (secondary N) is 4. The van der Waals surface area contributed by atoms with Gasteiger partial charge in [-0.05, 0) is 48.4 Å². The van der Waals surface area contributed by atoms with Crippen LogP contribution in [-0.4, -0.2) is 94.7 Å². The highest BCUT2D eigenvalue weighted by molar-refractivity contribution is 6.27. The Balaban J connectivity index is 1.82. The van der Waals surface area contributed by atoms with Gasteiger partial charge in [0.1, 0.15) is 24.0 Å². The zero-order valence-corrected chi connectivity index (χ0v) is 27.2. The van der Waals surface area contributed by atoms with Crippen molar-refractivity contribution in [2.75, 3.05) is 19.0 Å². The molecule has 0 radical (unpaired) electrons. The molecule has 0 saturated carbocycles. The van der Waals surface area contributed by atoms with Crippen LogP contribution < -0.4 is 32.7 Å². The third-order valence-electron chi connectivity index (χ3n) is 7.97. The van der Waals surface area contributed by atoms with Crippen molar-refractivity contribution in [2.45, 2.75) is 75.5 Å². The second kappa shape index (κ2) is 18.4. The van der Waals surface area contributed by atoms with Crippen LogP contribution in [0.5, 0.6) is 0 Å². The number of hydrogen-bond acceptors (Lipinski definition) is 7. The van der Waals surface area contributed by atoms with Crippen LogP contribution in [0.4, 0.5) is 4.79 Å². The summed E-state index contributed by atoms with van der Waals surface area (Å²) in [5, 5.41) is 21.4. The van der Waals surface area contributed by atoms with Gasteiger partial charge < -0.3 is 42.7 Å². The molecule has 1 aliphatic heterocycles. The average Bonchev–Trinajstić information content (AvgIpc) is 3.04. The molecule has 2 aromatic carbocycles. The Kier molecular flexibility index (Phi) is 14.4. The third kappa shape index (κ3) is 11.7. The van der Waals surface area contributed by atoms with Gasteiger partial charge in [-0.15, -0.1) is 11.6 Å². The number of nitrogens with zero attached hydrogens (tertiary/aromatic N) is 1. The second-order valence-electron chi connectivity index (χ2n) is 11.6. The summed E-state index contributed by atoms with van der Waals surface area (Å²) in [6.07, 6.45) is 1.04. The van der Waals surface area contributed by atoms with E-state index in [1.807, 2.05) is 42.5 Å². The number of carboxylic acids is 1. The number of hydrogen-bond donors (Lipinski definition) is 7. The molecule has 7 amide bonds. The average molecular weight is 688 g/mol. The highest BCUT2D eigenvalue weighted by Gasteiger charge is 2.36. The molecular formula is C32H42ClN7O8. The maximum atomic E-state index is 13.8. The fourth-order valence-electron chi connectivity index (χ4n) is 5.64. The quantitative estimate of drug-likeness (QED) is 0.0896. The van der Waals surface area contributed by atoms with Crippen molar-refractivity contribution in [3.8, 4) is 0 Å². The number of nitrogens with two attached hydrogens (primary N) is 2. The van der Waals surface area contributed by atoms with E-state index in [2.05, 4.69) is 21.3 Å². The molecule has 0 spiro atoms. The first kappa shape index (κ1) is 37.5. The minimum absolute atomic E-state index is 0.0446. The third-order valence-corrected chi connectivity index (χ3v) is 8.21. The summed E-state index contributed by atoms with van der Waals surface area (Å²) in [6, 6.07) is 8.19. The van der Waals surface area contributed by atoms with Crippen LogP contribution >= 0.6 is 11.6 Å². The van der Waals surface area contributed by atoms with Crippen molar-refractivity contribution in [2.24, 2.45) is 11.5 Å². The molecular weight excluding hydrogens is 646 g/mol. The van der Waals surface area contributed by atoms with Gasteiger partial charge in [0.25, 0.3) is 0 Å². The second-order valence-corrected chi connectivity index (χ2v) is 11.9. The topological polar surface area (TPSA) is 243 Å². The first-order chi connectivity index (χ1) is 22.9. The molecule has 0 aromatic heterocycles. The van der Waals surface area contributed by atoms with E-state index in [0.717, 1.165) is 16.3 Å². The number of alkyl halides is 1. The number of fused-ring (bicyclic) bond motifs is 1. The smallest absolute Gasteiger partial charge is 0.312 e. The number of carbonyl (C=O) groups is 7. The van der Waals surface area contributed by atoms with Gasteiger partial charge in [0, 0.05) is 32.0 Å². The molecule has 16 heteroatoms. The Morgan fingerprint density at radius 2 is 1.65 bits per heavy atom. The van der Waals surface area contributed by atoms with Crippen molar-refractivity contribution in [3.05, 3.63) is 48.0 Å². The zero-order chi connectivity index (χ0) is 35.2. The van der Waals surface area contributed by atoms with Gasteiger partial charge in [-0.2, -0.15) is 0 Å². The first-order valence-electron chi connectivity index (χ1n) is 15.7. The summed E-state index contributed by atoms with van der Waals surface area (Å²) in [7, 11) is 0. The largest absolute Gasteiger partial charge is 0.481 e. The van der Waals surface area contributed by atoms with E-state index in [9.17, 15) is 38.7 Å². The summed E-state index contributed by atoms with van der Waals surface area (Å²) in [5.41, 5.74) is 11.4. The van der Waals surface area contributed by atoms with E-state index in [1.165, 1.54) is 4.90 Å². The van der Waals surface area contributed by atoms with Crippen molar-refractivity contribution in [1.29, 1.82) is 0 Å². The van der Waals surface area contributed by atoms with Crippen LogP contribution in [0.15, 0.2) is 42.5 Å². The molecule has 0 aliphatic carbocycles. The maximum Gasteiger partial charge on any atom is 0.312 e. The zero-order valence-electron chi connectivity index (χ0n) is 26.4. The van der Waals surface area contributed by atoms with E-state index < -0.39 is 78.0 Å². The number of aliphatic carboxylic acids is 1. The number of amides is 7. The molecule has 4 atom stereocenters. The lowest BCUT2D eigenvalue weighted by atomic mass is 9.97. The number of likely N-dealkylation sites (tertiary alicyclic amines) is 1. The fraction of sp³-hybridized carbons (Fsp3) is 0.469. The van der Waals surface area contributed by atoms with Crippen molar-refractivity contribution in [3.63, 3.8) is 0 Å². The maximum absolute atomic E-state index is 13.8. The fourth-order valence-corrected chi connectivity index (χ4v) is 5.71. The lowest BCUT2D eigenvalue weighted by Crippen LogP contribution is -2.58. The van der Waals surface area contributed by atoms with Crippen LogP contribution in [0.25, 0.3) is 10.8 Å². The van der Waals surface area contributed by atoms with Crippen LogP contribution in [-0.2, 0) is 35.2 Å². The van der Waals surface area contributed by atoms with E-state index in [4.69, 9.17) is 23.1 Å². The summed E-state index contributed by atoms with van der Waals surface area (Å²) >= 11 is 5.55. The minimum atomic E-state index is -1.23. The van der Waals surface area contributed by atoms with Gasteiger partial charge in [-0.1, -0.05) is 42.5 Å². The van der Waals surface area contributed by atoms with E-state index >= 15 is 0 Å². The SMILES string of the molecule is NC(=O)NCCCC(NC(=O)C(Cc1ccc2ccccc2c1)NC(=O)C1CCCCN1C(=O)CC(CC(=O)O)NC(=O)CCl)C(N)=O. The van der Waals surface area contributed by atoms with Crippen LogP contribution in [0.1, 0.15) is 50.5 Å². The molecule has 1 heterocycles. The van der Waals surface area contributed by atoms with E-state index in [-0.39, 0.29) is 45.2 Å². The van der Waals surface area contributed by atoms with Gasteiger partial charge in [-0.25, -0.2) is 4.79 Å². The monoisotopic (exact) mass is 687 g/mol. The number of piperidine rings is 1. The lowest BCUT2D eigenvalue weighted by Gasteiger charge is -2.36. The van der Waals surface area contributed by atoms with Gasteiger partial charge in [0.05, 0.1) is 6.42 Å². The Hall–Kier alpha value is -4.92. The van der Waals surface area contributed by atoms with Crippen LogP contribution in [0, 0.1) is 0 Å². The molecule has 9 N–H and O–H groups in total. The van der Waals surface area contributed by atoms with Gasteiger partial charge in [0.2, 0.25) is 29.5 Å². The van der Waals surface area contributed by atoms with Crippen molar-refractivity contribution in [1.82, 2.24) is 26.2 Å². The number of urea groups is 1. The van der Waals surface area contributed by atoms with E-state index in [1.54, 1.807) is 0 Å².